The highest BCUT2D eigenvalue weighted by molar-refractivity contribution is 6.31. The third kappa shape index (κ3) is 2.23. The average molecular weight is 199 g/mol. The van der Waals surface area contributed by atoms with Crippen LogP contribution in [-0.4, -0.2) is 5.11 Å². The molecule has 0 amide bonds. The fourth-order valence-corrected chi connectivity index (χ4v) is 2.11. The lowest BCUT2D eigenvalue weighted by atomic mass is 9.96. The predicted octanol–water partition coefficient (Wildman–Crippen LogP) is 3.26. The zero-order chi connectivity index (χ0) is 10.0. The largest absolute Gasteiger partial charge is 0.392 e. The van der Waals surface area contributed by atoms with Crippen LogP contribution in [0, 0.1) is 6.92 Å². The summed E-state index contributed by atoms with van der Waals surface area (Å²) in [7, 11) is 0. The zero-order valence-corrected chi connectivity index (χ0v) is 9.02. The number of aliphatic hydroxyl groups excluding tert-OH is 1. The molecule has 0 heterocycles. The summed E-state index contributed by atoms with van der Waals surface area (Å²) in [5.41, 5.74) is 3.10. The standard InChI is InChI=1S/C11H15ClO/c1-7(2)11-9(6-13)4-8(3)5-10(11)12/h4-5,7,13H,6H2,1-3H3. The normalized spacial score (nSPS) is 10.9. The lowest BCUT2D eigenvalue weighted by Gasteiger charge is -2.14. The maximum atomic E-state index is 9.16. The molecule has 0 aliphatic heterocycles. The Labute approximate surface area is 84.4 Å². The minimum atomic E-state index is 0.0644. The van der Waals surface area contributed by atoms with Gasteiger partial charge in [0, 0.05) is 5.02 Å². The van der Waals surface area contributed by atoms with E-state index in [9.17, 15) is 0 Å². The van der Waals surface area contributed by atoms with Gasteiger partial charge in [-0.05, 0) is 35.6 Å². The van der Waals surface area contributed by atoms with E-state index in [2.05, 4.69) is 13.8 Å². The van der Waals surface area contributed by atoms with Gasteiger partial charge in [0.05, 0.1) is 6.61 Å². The zero-order valence-electron chi connectivity index (χ0n) is 8.26. The molecule has 13 heavy (non-hydrogen) atoms. The van der Waals surface area contributed by atoms with E-state index in [-0.39, 0.29) is 6.61 Å². The first kappa shape index (κ1) is 10.6. The number of hydrogen-bond acceptors (Lipinski definition) is 1. The van der Waals surface area contributed by atoms with Gasteiger partial charge in [-0.25, -0.2) is 0 Å². The molecule has 0 unspecified atom stereocenters. The Hall–Kier alpha value is -0.530. The first-order valence-corrected chi connectivity index (χ1v) is 4.83. The molecule has 1 N–H and O–H groups in total. The molecule has 2 heteroatoms. The van der Waals surface area contributed by atoms with Crippen molar-refractivity contribution < 1.29 is 5.11 Å². The molecule has 0 spiro atoms. The summed E-state index contributed by atoms with van der Waals surface area (Å²) in [5.74, 6) is 0.357. The first-order valence-electron chi connectivity index (χ1n) is 4.46. The van der Waals surface area contributed by atoms with Crippen LogP contribution in [-0.2, 0) is 6.61 Å². The van der Waals surface area contributed by atoms with E-state index in [4.69, 9.17) is 16.7 Å². The number of hydrogen-bond donors (Lipinski definition) is 1. The van der Waals surface area contributed by atoms with Crippen molar-refractivity contribution in [1.29, 1.82) is 0 Å². The summed E-state index contributed by atoms with van der Waals surface area (Å²) >= 11 is 6.10. The second-order valence-electron chi connectivity index (χ2n) is 3.63. The van der Waals surface area contributed by atoms with Gasteiger partial charge in [0.1, 0.15) is 0 Å². The summed E-state index contributed by atoms with van der Waals surface area (Å²) < 4.78 is 0. The van der Waals surface area contributed by atoms with Crippen molar-refractivity contribution in [2.45, 2.75) is 33.3 Å². The van der Waals surface area contributed by atoms with Crippen molar-refractivity contribution in [3.05, 3.63) is 33.8 Å². The second kappa shape index (κ2) is 4.12. The Morgan fingerprint density at radius 2 is 2.00 bits per heavy atom. The summed E-state index contributed by atoms with van der Waals surface area (Å²) in [6.07, 6.45) is 0. The van der Waals surface area contributed by atoms with E-state index in [1.54, 1.807) is 0 Å². The molecule has 72 valence electrons. The molecular weight excluding hydrogens is 184 g/mol. The molecule has 0 atom stereocenters. The Morgan fingerprint density at radius 1 is 1.38 bits per heavy atom. The van der Waals surface area contributed by atoms with Gasteiger partial charge in [0.25, 0.3) is 0 Å². The van der Waals surface area contributed by atoms with Crippen molar-refractivity contribution in [3.8, 4) is 0 Å². The van der Waals surface area contributed by atoms with Crippen molar-refractivity contribution in [1.82, 2.24) is 0 Å². The highest BCUT2D eigenvalue weighted by Crippen LogP contribution is 2.29. The number of aliphatic hydroxyl groups is 1. The van der Waals surface area contributed by atoms with Crippen LogP contribution < -0.4 is 0 Å². The molecule has 0 bridgehead atoms. The van der Waals surface area contributed by atoms with Crippen molar-refractivity contribution in [3.63, 3.8) is 0 Å². The molecule has 0 aliphatic carbocycles. The minimum Gasteiger partial charge on any atom is -0.392 e. The van der Waals surface area contributed by atoms with Crippen LogP contribution in [0.5, 0.6) is 0 Å². The third-order valence-electron chi connectivity index (χ3n) is 2.11. The van der Waals surface area contributed by atoms with E-state index >= 15 is 0 Å². The fourth-order valence-electron chi connectivity index (χ4n) is 1.60. The molecule has 0 aromatic heterocycles. The first-order chi connectivity index (χ1) is 6.06. The van der Waals surface area contributed by atoms with Crippen LogP contribution >= 0.6 is 11.6 Å². The highest BCUT2D eigenvalue weighted by atomic mass is 35.5. The molecule has 0 aliphatic rings. The SMILES string of the molecule is Cc1cc(Cl)c(C(C)C)c(CO)c1. The van der Waals surface area contributed by atoms with Crippen LogP contribution in [0.2, 0.25) is 5.02 Å². The van der Waals surface area contributed by atoms with E-state index in [0.29, 0.717) is 5.92 Å². The molecule has 1 nitrogen and oxygen atoms in total. The van der Waals surface area contributed by atoms with Gasteiger partial charge in [-0.3, -0.25) is 0 Å². The molecule has 1 aromatic rings. The van der Waals surface area contributed by atoms with Crippen LogP contribution in [0.25, 0.3) is 0 Å². The predicted molar refractivity (Wildman–Crippen MR) is 56.2 cm³/mol. The van der Waals surface area contributed by atoms with Crippen LogP contribution in [0.3, 0.4) is 0 Å². The summed E-state index contributed by atoms with van der Waals surface area (Å²) in [6, 6.07) is 3.93. The van der Waals surface area contributed by atoms with Gasteiger partial charge in [0.15, 0.2) is 0 Å². The van der Waals surface area contributed by atoms with E-state index in [1.165, 1.54) is 0 Å². The summed E-state index contributed by atoms with van der Waals surface area (Å²) in [5, 5.41) is 9.92. The maximum absolute atomic E-state index is 9.16. The molecule has 1 rings (SSSR count). The number of benzene rings is 1. The molecule has 0 saturated carbocycles. The van der Waals surface area contributed by atoms with Crippen LogP contribution in [0.15, 0.2) is 12.1 Å². The smallest absolute Gasteiger partial charge is 0.0685 e. The molecule has 0 radical (unpaired) electrons. The van der Waals surface area contributed by atoms with Gasteiger partial charge in [-0.1, -0.05) is 31.5 Å². The van der Waals surface area contributed by atoms with Gasteiger partial charge in [0.2, 0.25) is 0 Å². The van der Waals surface area contributed by atoms with Crippen molar-refractivity contribution in [2.24, 2.45) is 0 Å². The number of aryl methyl sites for hydroxylation is 1. The Morgan fingerprint density at radius 3 is 2.46 bits per heavy atom. The second-order valence-corrected chi connectivity index (χ2v) is 4.04. The molecule has 0 saturated heterocycles. The van der Waals surface area contributed by atoms with Crippen LogP contribution in [0.4, 0.5) is 0 Å². The molecule has 1 aromatic carbocycles. The van der Waals surface area contributed by atoms with Gasteiger partial charge in [-0.15, -0.1) is 0 Å². The maximum Gasteiger partial charge on any atom is 0.0685 e. The summed E-state index contributed by atoms with van der Waals surface area (Å²) in [4.78, 5) is 0. The number of rotatable bonds is 2. The Kier molecular flexibility index (Phi) is 3.34. The van der Waals surface area contributed by atoms with E-state index in [1.807, 2.05) is 19.1 Å². The van der Waals surface area contributed by atoms with Crippen molar-refractivity contribution in [2.75, 3.05) is 0 Å². The topological polar surface area (TPSA) is 20.2 Å². The third-order valence-corrected chi connectivity index (χ3v) is 2.42. The minimum absolute atomic E-state index is 0.0644. The Balaban J connectivity index is 3.30. The molecule has 0 fully saturated rings. The quantitative estimate of drug-likeness (QED) is 0.774. The lowest BCUT2D eigenvalue weighted by Crippen LogP contribution is -1.98. The molecular formula is C11H15ClO. The average Bonchev–Trinajstić information content (AvgIpc) is 2.01. The Bertz CT molecular complexity index is 305. The van der Waals surface area contributed by atoms with Crippen LogP contribution in [0.1, 0.15) is 36.5 Å². The highest BCUT2D eigenvalue weighted by Gasteiger charge is 2.10. The monoisotopic (exact) mass is 198 g/mol. The van der Waals surface area contributed by atoms with Gasteiger partial charge >= 0.3 is 0 Å². The van der Waals surface area contributed by atoms with Crippen molar-refractivity contribution >= 4 is 11.6 Å². The number of halogens is 1. The fraction of sp³-hybridized carbons (Fsp3) is 0.455. The van der Waals surface area contributed by atoms with E-state index in [0.717, 1.165) is 21.7 Å². The van der Waals surface area contributed by atoms with Gasteiger partial charge < -0.3 is 5.11 Å². The summed E-state index contributed by atoms with van der Waals surface area (Å²) in [6.45, 7) is 6.20. The van der Waals surface area contributed by atoms with Gasteiger partial charge in [-0.2, -0.15) is 0 Å². The lowest BCUT2D eigenvalue weighted by molar-refractivity contribution is 0.280. The van der Waals surface area contributed by atoms with E-state index < -0.39 is 0 Å².